The lowest BCUT2D eigenvalue weighted by Crippen LogP contribution is -2.27. The first-order valence-corrected chi connectivity index (χ1v) is 13.9. The number of anilines is 1. The number of hydrogen-bond acceptors (Lipinski definition) is 5. The van der Waals surface area contributed by atoms with Crippen LogP contribution in [0.15, 0.2) is 144 Å². The van der Waals surface area contributed by atoms with Crippen molar-refractivity contribution < 1.29 is 13.9 Å². The molecule has 0 saturated carbocycles. The first-order chi connectivity index (χ1) is 20.7. The molecule has 0 aliphatic heterocycles. The number of aromatic nitrogens is 1. The smallest absolute Gasteiger partial charge is 0.325 e. The van der Waals surface area contributed by atoms with Crippen LogP contribution in [0.4, 0.5) is 5.69 Å². The molecule has 0 radical (unpaired) electrons. The van der Waals surface area contributed by atoms with Gasteiger partial charge >= 0.3 is 5.97 Å². The molecule has 214 valence electrons. The van der Waals surface area contributed by atoms with E-state index >= 15 is 0 Å². The molecule has 43 heavy (non-hydrogen) atoms. The summed E-state index contributed by atoms with van der Waals surface area (Å²) in [6.07, 6.45) is 0. The van der Waals surface area contributed by atoms with Gasteiger partial charge in [0.1, 0.15) is 18.8 Å². The van der Waals surface area contributed by atoms with Gasteiger partial charge in [0.15, 0.2) is 5.76 Å². The van der Waals surface area contributed by atoms with Gasteiger partial charge in [-0.1, -0.05) is 129 Å². The SMILES string of the molecule is C.CN(CC(=O)OCc1ccccc1)c1cccc(-c2ccccc2-c2nc(-c3ccccc3)c(-c3ccccc3)o2)c1. The van der Waals surface area contributed by atoms with Gasteiger partial charge < -0.3 is 14.1 Å². The molecule has 0 amide bonds. The van der Waals surface area contributed by atoms with Crippen molar-refractivity contribution >= 4 is 11.7 Å². The molecule has 0 aliphatic carbocycles. The van der Waals surface area contributed by atoms with Crippen LogP contribution in [0.25, 0.3) is 45.2 Å². The summed E-state index contributed by atoms with van der Waals surface area (Å²) in [4.78, 5) is 19.5. The Morgan fingerprint density at radius 3 is 1.98 bits per heavy atom. The predicted octanol–water partition coefficient (Wildman–Crippen LogP) is 9.16. The largest absolute Gasteiger partial charge is 0.459 e. The molecular formula is C38H34N2O3. The van der Waals surface area contributed by atoms with Gasteiger partial charge in [0.05, 0.1) is 0 Å². The van der Waals surface area contributed by atoms with Crippen LogP contribution >= 0.6 is 0 Å². The van der Waals surface area contributed by atoms with Crippen LogP contribution in [0.5, 0.6) is 0 Å². The lowest BCUT2D eigenvalue weighted by Gasteiger charge is -2.19. The van der Waals surface area contributed by atoms with E-state index in [2.05, 4.69) is 18.2 Å². The quantitative estimate of drug-likeness (QED) is 0.163. The fourth-order valence-corrected chi connectivity index (χ4v) is 4.91. The molecule has 0 aliphatic rings. The number of ether oxygens (including phenoxy) is 1. The maximum absolute atomic E-state index is 12.6. The number of rotatable bonds is 9. The molecule has 6 rings (SSSR count). The van der Waals surface area contributed by atoms with E-state index in [0.717, 1.165) is 50.5 Å². The fraction of sp³-hybridized carbons (Fsp3) is 0.105. The maximum atomic E-state index is 12.6. The van der Waals surface area contributed by atoms with Crippen molar-refractivity contribution in [1.82, 2.24) is 4.98 Å². The average Bonchev–Trinajstić information content (AvgIpc) is 3.51. The van der Waals surface area contributed by atoms with Crippen molar-refractivity contribution in [2.24, 2.45) is 0 Å². The highest BCUT2D eigenvalue weighted by Crippen LogP contribution is 2.39. The number of likely N-dealkylation sites (N-methyl/N-ethyl adjacent to an activating group) is 1. The molecule has 0 unspecified atom stereocenters. The molecule has 5 nitrogen and oxygen atoms in total. The summed E-state index contributed by atoms with van der Waals surface area (Å²) >= 11 is 0. The topological polar surface area (TPSA) is 55.6 Å². The molecule has 1 heterocycles. The summed E-state index contributed by atoms with van der Waals surface area (Å²) < 4.78 is 12.0. The van der Waals surface area contributed by atoms with Gasteiger partial charge in [-0.05, 0) is 34.9 Å². The molecule has 0 saturated heterocycles. The van der Waals surface area contributed by atoms with Crippen molar-refractivity contribution in [2.45, 2.75) is 14.0 Å². The van der Waals surface area contributed by atoms with Gasteiger partial charge in [-0.2, -0.15) is 0 Å². The zero-order valence-corrected chi connectivity index (χ0v) is 23.3. The number of benzene rings is 5. The molecule has 0 spiro atoms. The highest BCUT2D eigenvalue weighted by Gasteiger charge is 2.20. The van der Waals surface area contributed by atoms with Crippen LogP contribution in [-0.2, 0) is 16.1 Å². The normalized spacial score (nSPS) is 10.5. The molecule has 0 N–H and O–H groups in total. The van der Waals surface area contributed by atoms with Crippen LogP contribution in [0.1, 0.15) is 13.0 Å². The Morgan fingerprint density at radius 2 is 1.28 bits per heavy atom. The number of nitrogens with zero attached hydrogens (tertiary/aromatic N) is 2. The zero-order chi connectivity index (χ0) is 28.7. The Morgan fingerprint density at radius 1 is 0.698 bits per heavy atom. The zero-order valence-electron chi connectivity index (χ0n) is 23.3. The van der Waals surface area contributed by atoms with E-state index in [-0.39, 0.29) is 26.5 Å². The van der Waals surface area contributed by atoms with E-state index in [1.807, 2.05) is 133 Å². The van der Waals surface area contributed by atoms with Crippen LogP contribution in [0.2, 0.25) is 0 Å². The van der Waals surface area contributed by atoms with Crippen molar-refractivity contribution in [2.75, 3.05) is 18.5 Å². The summed E-state index contributed by atoms with van der Waals surface area (Å²) in [6.45, 7) is 0.394. The third-order valence-corrected chi connectivity index (χ3v) is 7.07. The third kappa shape index (κ3) is 6.74. The van der Waals surface area contributed by atoms with Crippen molar-refractivity contribution in [3.63, 3.8) is 0 Å². The number of carbonyl (C=O) groups excluding carboxylic acids is 1. The Kier molecular flexibility index (Phi) is 9.13. The Bertz CT molecular complexity index is 1720. The third-order valence-electron chi connectivity index (χ3n) is 7.07. The van der Waals surface area contributed by atoms with Gasteiger partial charge in [0.25, 0.3) is 0 Å². The molecular weight excluding hydrogens is 532 g/mol. The Labute approximate surface area is 253 Å². The standard InChI is InChI=1S/C37H30N2O3.CH4/c1-39(25-34(40)41-26-27-14-5-2-6-15-27)31-21-13-20-30(24-31)32-22-11-12-23-33(32)37-38-35(28-16-7-3-8-17-28)36(42-37)29-18-9-4-10-19-29;/h2-24H,25-26H2,1H3;1H4. The molecule has 0 fully saturated rings. The molecule has 5 aromatic carbocycles. The minimum atomic E-state index is -0.283. The van der Waals surface area contributed by atoms with Crippen molar-refractivity contribution in [3.8, 4) is 45.2 Å². The molecule has 0 atom stereocenters. The Hall–Kier alpha value is -5.42. The van der Waals surface area contributed by atoms with E-state index in [1.54, 1.807) is 0 Å². The van der Waals surface area contributed by atoms with Crippen molar-refractivity contribution in [3.05, 3.63) is 145 Å². The second kappa shape index (κ2) is 13.5. The maximum Gasteiger partial charge on any atom is 0.325 e. The van der Waals surface area contributed by atoms with E-state index in [9.17, 15) is 4.79 Å². The summed E-state index contributed by atoms with van der Waals surface area (Å²) in [7, 11) is 1.89. The number of oxazole rings is 1. The predicted molar refractivity (Wildman–Crippen MR) is 174 cm³/mol. The van der Waals surface area contributed by atoms with Gasteiger partial charge in [0.2, 0.25) is 5.89 Å². The van der Waals surface area contributed by atoms with E-state index in [0.29, 0.717) is 5.89 Å². The average molecular weight is 567 g/mol. The molecule has 0 bridgehead atoms. The van der Waals surface area contributed by atoms with Crippen LogP contribution in [0.3, 0.4) is 0 Å². The minimum absolute atomic E-state index is 0. The summed E-state index contributed by atoms with van der Waals surface area (Å²) in [5.74, 6) is 0.995. The lowest BCUT2D eigenvalue weighted by molar-refractivity contribution is -0.143. The second-order valence-corrected chi connectivity index (χ2v) is 10.0. The molecule has 6 aromatic rings. The van der Waals surface area contributed by atoms with Gasteiger partial charge in [-0.25, -0.2) is 4.98 Å². The van der Waals surface area contributed by atoms with Gasteiger partial charge in [0, 0.05) is 29.4 Å². The summed E-state index contributed by atoms with van der Waals surface area (Å²) in [5.41, 5.74) is 7.49. The number of carbonyl (C=O) groups is 1. The first-order valence-electron chi connectivity index (χ1n) is 13.9. The number of esters is 1. The van der Waals surface area contributed by atoms with Gasteiger partial charge in [-0.15, -0.1) is 0 Å². The fourth-order valence-electron chi connectivity index (χ4n) is 4.91. The van der Waals surface area contributed by atoms with E-state index in [1.165, 1.54) is 0 Å². The van der Waals surface area contributed by atoms with Crippen LogP contribution in [0, 0.1) is 0 Å². The molecule has 5 heteroatoms. The lowest BCUT2D eigenvalue weighted by atomic mass is 9.99. The summed E-state index contributed by atoms with van der Waals surface area (Å²) in [6, 6.07) is 46.1. The summed E-state index contributed by atoms with van der Waals surface area (Å²) in [5, 5.41) is 0. The Balaban J connectivity index is 0.00000368. The second-order valence-electron chi connectivity index (χ2n) is 10.0. The first kappa shape index (κ1) is 29.1. The highest BCUT2D eigenvalue weighted by atomic mass is 16.5. The highest BCUT2D eigenvalue weighted by molar-refractivity contribution is 5.85. The van der Waals surface area contributed by atoms with E-state index < -0.39 is 0 Å². The van der Waals surface area contributed by atoms with Gasteiger partial charge in [-0.3, -0.25) is 4.79 Å². The number of hydrogen-bond donors (Lipinski definition) is 0. The monoisotopic (exact) mass is 566 g/mol. The van der Waals surface area contributed by atoms with Crippen LogP contribution in [-0.4, -0.2) is 24.5 Å². The minimum Gasteiger partial charge on any atom is -0.459 e. The van der Waals surface area contributed by atoms with E-state index in [4.69, 9.17) is 14.1 Å². The van der Waals surface area contributed by atoms with Crippen molar-refractivity contribution in [1.29, 1.82) is 0 Å². The molecule has 1 aromatic heterocycles. The van der Waals surface area contributed by atoms with Crippen LogP contribution < -0.4 is 4.90 Å².